The number of nitriles is 1. The predicted octanol–water partition coefficient (Wildman–Crippen LogP) is 2.18. The molecule has 0 bridgehead atoms. The van der Waals surface area contributed by atoms with E-state index in [4.69, 9.17) is 5.26 Å². The summed E-state index contributed by atoms with van der Waals surface area (Å²) in [5, 5.41) is 8.46. The number of carbonyl (C=O) groups is 1. The van der Waals surface area contributed by atoms with Gasteiger partial charge in [0.2, 0.25) is 5.91 Å². The van der Waals surface area contributed by atoms with Gasteiger partial charge in [-0.1, -0.05) is 20.8 Å². The second-order valence-electron chi connectivity index (χ2n) is 5.02. The molecule has 1 aliphatic rings. The van der Waals surface area contributed by atoms with Crippen LogP contribution in [0.2, 0.25) is 0 Å². The van der Waals surface area contributed by atoms with Crippen molar-refractivity contribution in [3.05, 3.63) is 0 Å². The molecule has 1 amide bonds. The van der Waals surface area contributed by atoms with Crippen LogP contribution >= 0.6 is 0 Å². The fraction of sp³-hybridized carbons (Fsp3) is 0.833. The summed E-state index contributed by atoms with van der Waals surface area (Å²) in [5.74, 6) is 0.647. The molecule has 1 rings (SSSR count). The molecule has 1 heterocycles. The third-order valence-corrected chi connectivity index (χ3v) is 3.88. The van der Waals surface area contributed by atoms with Crippen LogP contribution in [-0.4, -0.2) is 23.9 Å². The Hall–Kier alpha value is -1.04. The SMILES string of the molecule is CC(C)C1(C)CCN(C(=O)CC#N)CC1. The van der Waals surface area contributed by atoms with E-state index in [1.165, 1.54) is 0 Å². The highest BCUT2D eigenvalue weighted by molar-refractivity contribution is 5.78. The monoisotopic (exact) mass is 208 g/mol. The van der Waals surface area contributed by atoms with Crippen molar-refractivity contribution in [2.24, 2.45) is 11.3 Å². The normalized spacial score (nSPS) is 20.1. The van der Waals surface area contributed by atoms with E-state index in [1.54, 1.807) is 0 Å². The molecule has 15 heavy (non-hydrogen) atoms. The first-order valence-corrected chi connectivity index (χ1v) is 5.64. The first-order valence-electron chi connectivity index (χ1n) is 5.64. The van der Waals surface area contributed by atoms with E-state index < -0.39 is 0 Å². The lowest BCUT2D eigenvalue weighted by molar-refractivity contribution is -0.132. The van der Waals surface area contributed by atoms with Crippen molar-refractivity contribution in [1.29, 1.82) is 5.26 Å². The van der Waals surface area contributed by atoms with Crippen LogP contribution in [0.15, 0.2) is 0 Å². The number of hydrogen-bond donors (Lipinski definition) is 0. The summed E-state index contributed by atoms with van der Waals surface area (Å²) in [7, 11) is 0. The van der Waals surface area contributed by atoms with Gasteiger partial charge in [0.15, 0.2) is 0 Å². The number of amides is 1. The molecule has 3 heteroatoms. The van der Waals surface area contributed by atoms with Crippen molar-refractivity contribution in [2.45, 2.75) is 40.0 Å². The Morgan fingerprint density at radius 3 is 2.40 bits per heavy atom. The maximum Gasteiger partial charge on any atom is 0.236 e. The van der Waals surface area contributed by atoms with Gasteiger partial charge in [-0.05, 0) is 24.2 Å². The molecular formula is C12H20N2O. The molecule has 84 valence electrons. The largest absolute Gasteiger partial charge is 0.342 e. The number of hydrogen-bond acceptors (Lipinski definition) is 2. The average molecular weight is 208 g/mol. The van der Waals surface area contributed by atoms with E-state index in [-0.39, 0.29) is 12.3 Å². The van der Waals surface area contributed by atoms with Gasteiger partial charge in [-0.2, -0.15) is 5.26 Å². The molecule has 1 aliphatic heterocycles. The van der Waals surface area contributed by atoms with Gasteiger partial charge >= 0.3 is 0 Å². The molecule has 0 spiro atoms. The molecule has 0 aromatic heterocycles. The molecule has 1 fully saturated rings. The van der Waals surface area contributed by atoms with Gasteiger partial charge in [-0.15, -0.1) is 0 Å². The fourth-order valence-corrected chi connectivity index (χ4v) is 2.02. The van der Waals surface area contributed by atoms with Gasteiger partial charge in [-0.3, -0.25) is 4.79 Å². The molecular weight excluding hydrogens is 188 g/mol. The molecule has 3 nitrogen and oxygen atoms in total. The van der Waals surface area contributed by atoms with Crippen LogP contribution in [0.3, 0.4) is 0 Å². The first kappa shape index (κ1) is 12.0. The second kappa shape index (κ2) is 4.65. The predicted molar refractivity (Wildman–Crippen MR) is 59.0 cm³/mol. The second-order valence-corrected chi connectivity index (χ2v) is 5.02. The van der Waals surface area contributed by atoms with Crippen LogP contribution in [0.1, 0.15) is 40.0 Å². The van der Waals surface area contributed by atoms with Gasteiger partial charge in [0.1, 0.15) is 6.42 Å². The van der Waals surface area contributed by atoms with E-state index in [0.29, 0.717) is 11.3 Å². The van der Waals surface area contributed by atoms with Crippen molar-refractivity contribution < 1.29 is 4.79 Å². The van der Waals surface area contributed by atoms with Gasteiger partial charge in [-0.25, -0.2) is 0 Å². The summed E-state index contributed by atoms with van der Waals surface area (Å²) in [6.07, 6.45) is 2.14. The van der Waals surface area contributed by atoms with Crippen LogP contribution < -0.4 is 0 Å². The number of rotatable bonds is 2. The van der Waals surface area contributed by atoms with Crippen LogP contribution in [0.25, 0.3) is 0 Å². The Balaban J connectivity index is 2.49. The Morgan fingerprint density at radius 1 is 1.47 bits per heavy atom. The zero-order valence-corrected chi connectivity index (χ0v) is 9.92. The molecule has 0 unspecified atom stereocenters. The van der Waals surface area contributed by atoms with E-state index >= 15 is 0 Å². The zero-order valence-electron chi connectivity index (χ0n) is 9.92. The van der Waals surface area contributed by atoms with Gasteiger partial charge in [0.25, 0.3) is 0 Å². The standard InChI is InChI=1S/C12H20N2O/c1-10(2)12(3)5-8-14(9-6-12)11(15)4-7-13/h10H,4-6,8-9H2,1-3H3. The minimum absolute atomic E-state index is 0.0108. The quantitative estimate of drug-likeness (QED) is 0.698. The summed E-state index contributed by atoms with van der Waals surface area (Å²) < 4.78 is 0. The fourth-order valence-electron chi connectivity index (χ4n) is 2.02. The van der Waals surface area contributed by atoms with Crippen LogP contribution in [-0.2, 0) is 4.79 Å². The van der Waals surface area contributed by atoms with Crippen LogP contribution in [0.5, 0.6) is 0 Å². The molecule has 0 aromatic rings. The molecule has 0 atom stereocenters. The molecule has 0 radical (unpaired) electrons. The van der Waals surface area contributed by atoms with E-state index in [9.17, 15) is 4.79 Å². The van der Waals surface area contributed by atoms with Crippen molar-refractivity contribution in [1.82, 2.24) is 4.90 Å². The van der Waals surface area contributed by atoms with Gasteiger partial charge in [0, 0.05) is 13.1 Å². The maximum absolute atomic E-state index is 11.5. The zero-order chi connectivity index (χ0) is 11.5. The third kappa shape index (κ3) is 2.71. The minimum Gasteiger partial charge on any atom is -0.342 e. The highest BCUT2D eigenvalue weighted by Crippen LogP contribution is 2.37. The third-order valence-electron chi connectivity index (χ3n) is 3.88. The molecule has 0 N–H and O–H groups in total. The highest BCUT2D eigenvalue weighted by Gasteiger charge is 2.33. The Labute approximate surface area is 92.1 Å². The summed E-state index contributed by atoms with van der Waals surface area (Å²) >= 11 is 0. The lowest BCUT2D eigenvalue weighted by Gasteiger charge is -2.42. The van der Waals surface area contributed by atoms with E-state index in [1.807, 2.05) is 11.0 Å². The van der Waals surface area contributed by atoms with Crippen molar-refractivity contribution >= 4 is 5.91 Å². The molecule has 0 aliphatic carbocycles. The van der Waals surface area contributed by atoms with Crippen LogP contribution in [0, 0.1) is 22.7 Å². The van der Waals surface area contributed by atoms with Crippen molar-refractivity contribution in [3.8, 4) is 6.07 Å². The Bertz CT molecular complexity index is 270. The number of nitrogens with zero attached hydrogens (tertiary/aromatic N) is 2. The number of piperidine rings is 1. The lowest BCUT2D eigenvalue weighted by atomic mass is 9.72. The topological polar surface area (TPSA) is 44.1 Å². The van der Waals surface area contributed by atoms with Crippen molar-refractivity contribution in [2.75, 3.05) is 13.1 Å². The summed E-state index contributed by atoms with van der Waals surface area (Å²) in [4.78, 5) is 13.3. The molecule has 0 aromatic carbocycles. The first-order chi connectivity index (χ1) is 6.99. The number of likely N-dealkylation sites (tertiary alicyclic amines) is 1. The Kier molecular flexibility index (Phi) is 3.73. The summed E-state index contributed by atoms with van der Waals surface area (Å²) in [6, 6.07) is 1.92. The molecule has 1 saturated heterocycles. The van der Waals surface area contributed by atoms with Gasteiger partial charge in [0.05, 0.1) is 6.07 Å². The number of carbonyl (C=O) groups excluding carboxylic acids is 1. The minimum atomic E-state index is -0.0108. The summed E-state index contributed by atoms with van der Waals surface area (Å²) in [5.41, 5.74) is 0.365. The Morgan fingerprint density at radius 2 is 2.00 bits per heavy atom. The van der Waals surface area contributed by atoms with Gasteiger partial charge < -0.3 is 4.90 Å². The smallest absolute Gasteiger partial charge is 0.236 e. The van der Waals surface area contributed by atoms with E-state index in [2.05, 4.69) is 20.8 Å². The van der Waals surface area contributed by atoms with Crippen molar-refractivity contribution in [3.63, 3.8) is 0 Å². The summed E-state index contributed by atoms with van der Waals surface area (Å²) in [6.45, 7) is 8.41. The average Bonchev–Trinajstić information content (AvgIpc) is 2.19. The molecule has 0 saturated carbocycles. The maximum atomic E-state index is 11.5. The lowest BCUT2D eigenvalue weighted by Crippen LogP contribution is -2.43. The highest BCUT2D eigenvalue weighted by atomic mass is 16.2. The van der Waals surface area contributed by atoms with Crippen LogP contribution in [0.4, 0.5) is 0 Å². The van der Waals surface area contributed by atoms with E-state index in [0.717, 1.165) is 25.9 Å².